The van der Waals surface area contributed by atoms with Gasteiger partial charge in [0.05, 0.1) is 10.5 Å². The number of benzene rings is 3. The highest BCUT2D eigenvalue weighted by Gasteiger charge is 2.14. The summed E-state index contributed by atoms with van der Waals surface area (Å²) in [7, 11) is -3.67. The Hall–Kier alpha value is -2.64. The highest BCUT2D eigenvalue weighted by Crippen LogP contribution is 2.17. The van der Waals surface area contributed by atoms with Gasteiger partial charge in [-0.1, -0.05) is 46.3 Å². The van der Waals surface area contributed by atoms with Crippen molar-refractivity contribution in [3.05, 3.63) is 94.5 Å². The van der Waals surface area contributed by atoms with E-state index in [9.17, 15) is 13.2 Å². The lowest BCUT2D eigenvalue weighted by molar-refractivity contribution is 0.0472. The van der Waals surface area contributed by atoms with Crippen molar-refractivity contribution >= 4 is 37.6 Å². The van der Waals surface area contributed by atoms with E-state index >= 15 is 0 Å². The Morgan fingerprint density at radius 1 is 0.889 bits per heavy atom. The largest absolute Gasteiger partial charge is 0.457 e. The minimum absolute atomic E-state index is 0.161. The molecule has 0 aliphatic carbocycles. The van der Waals surface area contributed by atoms with Crippen molar-refractivity contribution in [1.82, 2.24) is 0 Å². The van der Waals surface area contributed by atoms with E-state index in [0.29, 0.717) is 11.3 Å². The van der Waals surface area contributed by atoms with Crippen molar-refractivity contribution in [3.8, 4) is 0 Å². The summed E-state index contributed by atoms with van der Waals surface area (Å²) in [5.74, 6) is -0.476. The third kappa shape index (κ3) is 5.18. The first-order chi connectivity index (χ1) is 12.9. The number of nitrogens with one attached hydrogen (secondary N) is 1. The number of hydrogen-bond acceptors (Lipinski definition) is 4. The van der Waals surface area contributed by atoms with Crippen LogP contribution in [0.1, 0.15) is 15.9 Å². The van der Waals surface area contributed by atoms with E-state index in [1.807, 2.05) is 24.3 Å². The molecule has 0 spiro atoms. The monoisotopic (exact) mass is 445 g/mol. The molecule has 0 saturated heterocycles. The number of anilines is 1. The van der Waals surface area contributed by atoms with Crippen LogP contribution < -0.4 is 4.72 Å². The van der Waals surface area contributed by atoms with Gasteiger partial charge in [-0.05, 0) is 54.1 Å². The Bertz CT molecular complexity index is 1020. The first-order valence-corrected chi connectivity index (χ1v) is 10.3. The molecule has 0 atom stereocenters. The Labute approximate surface area is 166 Å². The van der Waals surface area contributed by atoms with Crippen molar-refractivity contribution in [1.29, 1.82) is 0 Å². The lowest BCUT2D eigenvalue weighted by Gasteiger charge is -2.09. The topological polar surface area (TPSA) is 72.5 Å². The second-order valence-electron chi connectivity index (χ2n) is 5.70. The molecule has 3 rings (SSSR count). The lowest BCUT2D eigenvalue weighted by atomic mass is 10.2. The number of rotatable bonds is 6. The summed E-state index contributed by atoms with van der Waals surface area (Å²) in [4.78, 5) is 12.3. The summed E-state index contributed by atoms with van der Waals surface area (Å²) in [6, 6.07) is 21.6. The number of ether oxygens (including phenoxy) is 1. The summed E-state index contributed by atoms with van der Waals surface area (Å²) in [6.45, 7) is 0.161. The Balaban J connectivity index is 1.62. The molecule has 0 saturated carbocycles. The van der Waals surface area contributed by atoms with Gasteiger partial charge in [-0.25, -0.2) is 13.2 Å². The molecule has 27 heavy (non-hydrogen) atoms. The van der Waals surface area contributed by atoms with Crippen molar-refractivity contribution in [2.45, 2.75) is 11.5 Å². The molecule has 3 aromatic rings. The van der Waals surface area contributed by atoms with Gasteiger partial charge in [0.25, 0.3) is 10.0 Å². The second kappa shape index (κ2) is 8.37. The van der Waals surface area contributed by atoms with Crippen molar-refractivity contribution in [3.63, 3.8) is 0 Å². The fraction of sp³-hybridized carbons (Fsp3) is 0.0500. The van der Waals surface area contributed by atoms with Gasteiger partial charge in [0, 0.05) is 10.2 Å². The fourth-order valence-electron chi connectivity index (χ4n) is 2.30. The van der Waals surface area contributed by atoms with E-state index in [2.05, 4.69) is 20.7 Å². The first kappa shape index (κ1) is 19.1. The van der Waals surface area contributed by atoms with Crippen LogP contribution >= 0.6 is 15.9 Å². The Morgan fingerprint density at radius 3 is 2.15 bits per heavy atom. The van der Waals surface area contributed by atoms with E-state index in [1.165, 1.54) is 36.4 Å². The molecule has 0 unspecified atom stereocenters. The summed E-state index contributed by atoms with van der Waals surface area (Å²) in [5, 5.41) is 0. The zero-order valence-electron chi connectivity index (χ0n) is 14.1. The predicted molar refractivity (Wildman–Crippen MR) is 107 cm³/mol. The molecule has 0 aliphatic rings. The normalized spacial score (nSPS) is 11.0. The minimum atomic E-state index is -3.67. The molecule has 0 radical (unpaired) electrons. The molecule has 0 heterocycles. The quantitative estimate of drug-likeness (QED) is 0.562. The molecule has 0 amide bonds. The van der Waals surface area contributed by atoms with Gasteiger partial charge in [-0.15, -0.1) is 0 Å². The number of carbonyl (C=O) groups excluding carboxylic acids is 1. The minimum Gasteiger partial charge on any atom is -0.457 e. The van der Waals surface area contributed by atoms with Crippen molar-refractivity contribution < 1.29 is 17.9 Å². The zero-order chi connectivity index (χ0) is 19.3. The number of halogens is 1. The molecular formula is C20H16BrNO4S. The van der Waals surface area contributed by atoms with Crippen LogP contribution in [0.5, 0.6) is 0 Å². The lowest BCUT2D eigenvalue weighted by Crippen LogP contribution is -2.13. The van der Waals surface area contributed by atoms with E-state index in [1.54, 1.807) is 18.2 Å². The van der Waals surface area contributed by atoms with Gasteiger partial charge in [0.15, 0.2) is 0 Å². The van der Waals surface area contributed by atoms with Crippen LogP contribution in [0.15, 0.2) is 88.2 Å². The second-order valence-corrected chi connectivity index (χ2v) is 8.30. The maximum absolute atomic E-state index is 12.3. The summed E-state index contributed by atoms with van der Waals surface area (Å²) < 4.78 is 33.3. The van der Waals surface area contributed by atoms with E-state index < -0.39 is 16.0 Å². The SMILES string of the molecule is O=C(OCc1ccc(Br)cc1)c1ccc(NS(=O)(=O)c2ccccc2)cc1. The van der Waals surface area contributed by atoms with Crippen LogP contribution in [0.25, 0.3) is 0 Å². The number of carbonyl (C=O) groups is 1. The van der Waals surface area contributed by atoms with Gasteiger partial charge >= 0.3 is 5.97 Å². The maximum atomic E-state index is 12.3. The standard InChI is InChI=1S/C20H16BrNO4S/c21-17-10-6-15(7-11-17)14-26-20(23)16-8-12-18(13-9-16)22-27(24,25)19-4-2-1-3-5-19/h1-13,22H,14H2. The van der Waals surface area contributed by atoms with Gasteiger partial charge in [-0.3, -0.25) is 4.72 Å². The maximum Gasteiger partial charge on any atom is 0.338 e. The molecule has 3 aromatic carbocycles. The predicted octanol–water partition coefficient (Wildman–Crippen LogP) is 4.61. The molecule has 0 aromatic heterocycles. The molecule has 0 aliphatic heterocycles. The highest BCUT2D eigenvalue weighted by molar-refractivity contribution is 9.10. The van der Waals surface area contributed by atoms with Gasteiger partial charge < -0.3 is 4.74 Å². The molecule has 0 bridgehead atoms. The van der Waals surface area contributed by atoms with Crippen LogP contribution in [0, 0.1) is 0 Å². The average Bonchev–Trinajstić information content (AvgIpc) is 2.68. The smallest absolute Gasteiger partial charge is 0.338 e. The highest BCUT2D eigenvalue weighted by atomic mass is 79.9. The van der Waals surface area contributed by atoms with Crippen molar-refractivity contribution in [2.24, 2.45) is 0 Å². The molecule has 1 N–H and O–H groups in total. The summed E-state index contributed by atoms with van der Waals surface area (Å²) in [6.07, 6.45) is 0. The van der Waals surface area contributed by atoms with E-state index in [4.69, 9.17) is 4.74 Å². The summed E-state index contributed by atoms with van der Waals surface area (Å²) in [5.41, 5.74) is 1.58. The van der Waals surface area contributed by atoms with Gasteiger partial charge in [-0.2, -0.15) is 0 Å². The van der Waals surface area contributed by atoms with Crippen LogP contribution in [0.3, 0.4) is 0 Å². The fourth-order valence-corrected chi connectivity index (χ4v) is 3.64. The number of sulfonamides is 1. The Morgan fingerprint density at radius 2 is 1.52 bits per heavy atom. The van der Waals surface area contributed by atoms with E-state index in [0.717, 1.165) is 10.0 Å². The number of hydrogen-bond donors (Lipinski definition) is 1. The first-order valence-electron chi connectivity index (χ1n) is 8.03. The molecule has 5 nitrogen and oxygen atoms in total. The zero-order valence-corrected chi connectivity index (χ0v) is 16.5. The van der Waals surface area contributed by atoms with Crippen LogP contribution in [0.2, 0.25) is 0 Å². The molecular weight excluding hydrogens is 430 g/mol. The molecule has 0 fully saturated rings. The molecule has 138 valence electrons. The third-order valence-corrected chi connectivity index (χ3v) is 5.64. The molecule has 7 heteroatoms. The third-order valence-electron chi connectivity index (χ3n) is 3.71. The van der Waals surface area contributed by atoms with Crippen LogP contribution in [0.4, 0.5) is 5.69 Å². The number of esters is 1. The average molecular weight is 446 g/mol. The van der Waals surface area contributed by atoms with Gasteiger partial charge in [0.1, 0.15) is 6.61 Å². The Kier molecular flexibility index (Phi) is 5.93. The van der Waals surface area contributed by atoms with E-state index in [-0.39, 0.29) is 11.5 Å². The van der Waals surface area contributed by atoms with Gasteiger partial charge in [0.2, 0.25) is 0 Å². The van der Waals surface area contributed by atoms with Crippen LogP contribution in [-0.2, 0) is 21.4 Å². The van der Waals surface area contributed by atoms with Crippen molar-refractivity contribution in [2.75, 3.05) is 4.72 Å². The van der Waals surface area contributed by atoms with Crippen LogP contribution in [-0.4, -0.2) is 14.4 Å². The summed E-state index contributed by atoms with van der Waals surface area (Å²) >= 11 is 3.35.